The lowest BCUT2D eigenvalue weighted by molar-refractivity contribution is -0.136. The summed E-state index contributed by atoms with van der Waals surface area (Å²) in [4.78, 5) is 19.3. The molecular formula is C17H28N4OS2. The first-order chi connectivity index (χ1) is 11.4. The third kappa shape index (κ3) is 4.42. The number of amides is 1. The third-order valence-corrected chi connectivity index (χ3v) is 6.41. The molecule has 1 saturated carbocycles. The van der Waals surface area contributed by atoms with Crippen LogP contribution in [0.2, 0.25) is 0 Å². The molecule has 0 bridgehead atoms. The molecule has 0 unspecified atom stereocenters. The molecule has 3 rings (SSSR count). The van der Waals surface area contributed by atoms with E-state index in [0.717, 1.165) is 61.2 Å². The average Bonchev–Trinajstić information content (AvgIpc) is 3.05. The summed E-state index contributed by atoms with van der Waals surface area (Å²) in [5, 5.41) is 4.45. The summed E-state index contributed by atoms with van der Waals surface area (Å²) in [6.45, 7) is 8.27. The van der Waals surface area contributed by atoms with E-state index in [1.807, 2.05) is 11.8 Å². The van der Waals surface area contributed by atoms with Gasteiger partial charge < -0.3 is 10.2 Å². The lowest BCUT2D eigenvalue weighted by atomic mass is 9.85. The maximum absolute atomic E-state index is 12.6. The first kappa shape index (κ1) is 18.0. The van der Waals surface area contributed by atoms with E-state index in [9.17, 15) is 4.79 Å². The van der Waals surface area contributed by atoms with Gasteiger partial charge in [-0.05, 0) is 25.7 Å². The Bertz CT molecular complexity index is 555. The van der Waals surface area contributed by atoms with E-state index in [1.54, 1.807) is 0 Å². The monoisotopic (exact) mass is 368 g/mol. The number of aromatic nitrogens is 2. The average molecular weight is 369 g/mol. The smallest absolute Gasteiger partial charge is 0.225 e. The zero-order valence-electron chi connectivity index (χ0n) is 14.9. The highest BCUT2D eigenvalue weighted by molar-refractivity contribution is 7.99. The van der Waals surface area contributed by atoms with E-state index in [4.69, 9.17) is 0 Å². The van der Waals surface area contributed by atoms with Crippen LogP contribution in [0.4, 0.5) is 5.13 Å². The molecule has 0 aromatic carbocycles. The first-order valence-electron chi connectivity index (χ1n) is 8.91. The largest absolute Gasteiger partial charge is 0.358 e. The molecule has 134 valence electrons. The summed E-state index contributed by atoms with van der Waals surface area (Å²) < 4.78 is 4.46. The molecule has 2 aliphatic rings. The summed E-state index contributed by atoms with van der Waals surface area (Å²) in [5.74, 6) is 3.71. The Balaban J connectivity index is 1.48. The normalized spacial score (nSPS) is 25.5. The fourth-order valence-corrected chi connectivity index (χ4v) is 5.03. The molecule has 5 nitrogen and oxygen atoms in total. The Morgan fingerprint density at radius 3 is 2.42 bits per heavy atom. The second-order valence-corrected chi connectivity index (χ2v) is 9.78. The quantitative estimate of drug-likeness (QED) is 0.886. The van der Waals surface area contributed by atoms with E-state index in [0.29, 0.717) is 11.9 Å². The number of anilines is 1. The van der Waals surface area contributed by atoms with E-state index in [1.165, 1.54) is 11.5 Å². The molecule has 1 aromatic heterocycles. The van der Waals surface area contributed by atoms with Crippen LogP contribution in [-0.2, 0) is 10.2 Å². The molecule has 0 spiro atoms. The van der Waals surface area contributed by atoms with Gasteiger partial charge in [-0.2, -0.15) is 16.1 Å². The van der Waals surface area contributed by atoms with Gasteiger partial charge in [-0.15, -0.1) is 0 Å². The van der Waals surface area contributed by atoms with Crippen LogP contribution in [0.5, 0.6) is 0 Å². The summed E-state index contributed by atoms with van der Waals surface area (Å²) in [5.41, 5.74) is -0.00671. The molecule has 0 radical (unpaired) electrons. The summed E-state index contributed by atoms with van der Waals surface area (Å²) in [7, 11) is 0. The van der Waals surface area contributed by atoms with Crippen LogP contribution in [0.1, 0.15) is 52.3 Å². The van der Waals surface area contributed by atoms with Gasteiger partial charge in [0.05, 0.1) is 0 Å². The van der Waals surface area contributed by atoms with E-state index >= 15 is 0 Å². The van der Waals surface area contributed by atoms with Gasteiger partial charge in [0.2, 0.25) is 11.0 Å². The zero-order valence-corrected chi connectivity index (χ0v) is 16.5. The van der Waals surface area contributed by atoms with Gasteiger partial charge in [-0.3, -0.25) is 4.79 Å². The lowest BCUT2D eigenvalue weighted by Gasteiger charge is -2.34. The van der Waals surface area contributed by atoms with Gasteiger partial charge in [0.25, 0.3) is 0 Å². The number of thioether (sulfide) groups is 1. The molecule has 1 saturated heterocycles. The number of hydrogen-bond donors (Lipinski definition) is 1. The van der Waals surface area contributed by atoms with Crippen LogP contribution >= 0.6 is 23.3 Å². The van der Waals surface area contributed by atoms with Crippen molar-refractivity contribution in [1.82, 2.24) is 14.3 Å². The van der Waals surface area contributed by atoms with E-state index in [2.05, 4.69) is 40.3 Å². The van der Waals surface area contributed by atoms with Gasteiger partial charge >= 0.3 is 0 Å². The Morgan fingerprint density at radius 1 is 1.17 bits per heavy atom. The molecule has 1 aromatic rings. The minimum Gasteiger partial charge on any atom is -0.358 e. The Kier molecular flexibility index (Phi) is 5.70. The maximum atomic E-state index is 12.6. The van der Waals surface area contributed by atoms with Crippen LogP contribution in [0, 0.1) is 5.92 Å². The Hall–Kier alpha value is -0.820. The number of hydrogen-bond acceptors (Lipinski definition) is 6. The van der Waals surface area contributed by atoms with Crippen LogP contribution in [0.3, 0.4) is 0 Å². The molecular weight excluding hydrogens is 340 g/mol. The molecule has 2 heterocycles. The fourth-order valence-electron chi connectivity index (χ4n) is 3.29. The van der Waals surface area contributed by atoms with Crippen molar-refractivity contribution in [2.24, 2.45) is 5.92 Å². The summed E-state index contributed by atoms with van der Waals surface area (Å²) >= 11 is 3.40. The third-order valence-electron chi connectivity index (χ3n) is 4.82. The molecule has 1 amide bonds. The molecule has 7 heteroatoms. The molecule has 2 fully saturated rings. The minimum atomic E-state index is -0.00671. The van der Waals surface area contributed by atoms with E-state index < -0.39 is 0 Å². The highest BCUT2D eigenvalue weighted by atomic mass is 32.2. The van der Waals surface area contributed by atoms with Gasteiger partial charge in [-0.1, -0.05) is 20.8 Å². The molecule has 0 atom stereocenters. The van der Waals surface area contributed by atoms with Crippen molar-refractivity contribution in [2.45, 2.75) is 57.9 Å². The predicted molar refractivity (Wildman–Crippen MR) is 102 cm³/mol. The minimum absolute atomic E-state index is 0.00671. The zero-order chi connectivity index (χ0) is 17.2. The fraction of sp³-hybridized carbons (Fsp3) is 0.824. The lowest BCUT2D eigenvalue weighted by Crippen LogP contribution is -2.43. The van der Waals surface area contributed by atoms with Crippen LogP contribution < -0.4 is 5.32 Å². The second-order valence-electron chi connectivity index (χ2n) is 7.80. The standard InChI is InChI=1S/C17H28N4OS2/c1-17(2,3)15-19-16(24-20-15)18-13-6-4-12(5-7-13)14(22)21-8-10-23-11-9-21/h12-13H,4-11H2,1-3H3,(H,18,19,20). The van der Waals surface area contributed by atoms with Crippen LogP contribution in [0.15, 0.2) is 0 Å². The summed E-state index contributed by atoms with van der Waals surface area (Å²) in [6.07, 6.45) is 4.07. The van der Waals surface area contributed by atoms with Crippen molar-refractivity contribution >= 4 is 34.3 Å². The predicted octanol–water partition coefficient (Wildman–Crippen LogP) is 3.38. The highest BCUT2D eigenvalue weighted by Crippen LogP contribution is 2.30. The highest BCUT2D eigenvalue weighted by Gasteiger charge is 2.30. The van der Waals surface area contributed by atoms with Crippen molar-refractivity contribution < 1.29 is 4.79 Å². The topological polar surface area (TPSA) is 58.1 Å². The SMILES string of the molecule is CC(C)(C)c1nsc(NC2CCC(C(=O)N3CCSCC3)CC2)n1. The van der Waals surface area contributed by atoms with Gasteiger partial charge in [0, 0.05) is 53.5 Å². The maximum Gasteiger partial charge on any atom is 0.225 e. The van der Waals surface area contributed by atoms with E-state index in [-0.39, 0.29) is 11.3 Å². The van der Waals surface area contributed by atoms with Gasteiger partial charge in [-0.25, -0.2) is 4.98 Å². The molecule has 24 heavy (non-hydrogen) atoms. The van der Waals surface area contributed by atoms with Gasteiger partial charge in [0.15, 0.2) is 0 Å². The van der Waals surface area contributed by atoms with Gasteiger partial charge in [0.1, 0.15) is 5.82 Å². The number of carbonyl (C=O) groups excluding carboxylic acids is 1. The van der Waals surface area contributed by atoms with Crippen LogP contribution in [0.25, 0.3) is 0 Å². The number of nitrogens with zero attached hydrogens (tertiary/aromatic N) is 3. The molecule has 1 aliphatic heterocycles. The van der Waals surface area contributed by atoms with Crippen molar-refractivity contribution in [3.8, 4) is 0 Å². The summed E-state index contributed by atoms with van der Waals surface area (Å²) in [6, 6.07) is 0.423. The Labute approximate surface area is 153 Å². The molecule has 1 N–H and O–H groups in total. The second kappa shape index (κ2) is 7.60. The number of rotatable bonds is 3. The molecule has 1 aliphatic carbocycles. The Morgan fingerprint density at radius 2 is 1.83 bits per heavy atom. The van der Waals surface area contributed by atoms with Crippen molar-refractivity contribution in [3.63, 3.8) is 0 Å². The first-order valence-corrected chi connectivity index (χ1v) is 10.8. The van der Waals surface area contributed by atoms with Crippen molar-refractivity contribution in [3.05, 3.63) is 5.82 Å². The number of carbonyl (C=O) groups is 1. The van der Waals surface area contributed by atoms with Crippen molar-refractivity contribution in [1.29, 1.82) is 0 Å². The van der Waals surface area contributed by atoms with Crippen molar-refractivity contribution in [2.75, 3.05) is 29.9 Å². The number of nitrogens with one attached hydrogen (secondary N) is 1. The van der Waals surface area contributed by atoms with Crippen LogP contribution in [-0.4, -0.2) is 50.8 Å².